The third-order valence-corrected chi connectivity index (χ3v) is 4.19. The number of aliphatic carboxylic acids is 1. The Morgan fingerprint density at radius 2 is 2.00 bits per heavy atom. The minimum atomic E-state index is -0.854. The predicted molar refractivity (Wildman–Crippen MR) is 84.2 cm³/mol. The van der Waals surface area contributed by atoms with E-state index in [1.165, 1.54) is 12.1 Å². The molecule has 2 aromatic rings. The average Bonchev–Trinajstić information content (AvgIpc) is 3.04. The molecule has 1 aromatic carbocycles. The Morgan fingerprint density at radius 3 is 2.71 bits per heavy atom. The lowest BCUT2D eigenvalue weighted by atomic mass is 9.98. The van der Waals surface area contributed by atoms with Crippen molar-refractivity contribution in [1.82, 2.24) is 14.7 Å². The number of carbonyl (C=O) groups is 2. The Labute approximate surface area is 138 Å². The maximum absolute atomic E-state index is 13.0. The van der Waals surface area contributed by atoms with Crippen molar-refractivity contribution in [1.29, 1.82) is 0 Å². The maximum atomic E-state index is 13.0. The van der Waals surface area contributed by atoms with Crippen molar-refractivity contribution in [2.24, 2.45) is 5.92 Å². The van der Waals surface area contributed by atoms with Crippen molar-refractivity contribution < 1.29 is 19.1 Å². The first-order valence-electron chi connectivity index (χ1n) is 7.84. The lowest BCUT2D eigenvalue weighted by Crippen LogP contribution is -2.43. The number of benzene rings is 1. The van der Waals surface area contributed by atoms with Crippen LogP contribution in [0.25, 0.3) is 5.69 Å². The number of aromatic nitrogens is 2. The first kappa shape index (κ1) is 16.2. The molecule has 0 aliphatic carbocycles. The monoisotopic (exact) mass is 331 g/mol. The average molecular weight is 331 g/mol. The number of hydrogen-bond acceptors (Lipinski definition) is 3. The van der Waals surface area contributed by atoms with Crippen LogP contribution in [0.1, 0.15) is 18.5 Å². The zero-order chi connectivity index (χ0) is 17.1. The van der Waals surface area contributed by atoms with Gasteiger partial charge in [-0.2, -0.15) is 5.10 Å². The van der Waals surface area contributed by atoms with Gasteiger partial charge >= 0.3 is 5.97 Å². The summed E-state index contributed by atoms with van der Waals surface area (Å²) in [7, 11) is 0. The second kappa shape index (κ2) is 6.82. The first-order chi connectivity index (χ1) is 11.5. The molecule has 1 saturated heterocycles. The molecule has 0 radical (unpaired) electrons. The topological polar surface area (TPSA) is 75.4 Å². The molecule has 6 nitrogen and oxygen atoms in total. The molecule has 24 heavy (non-hydrogen) atoms. The fraction of sp³-hybridized carbons (Fsp3) is 0.353. The lowest BCUT2D eigenvalue weighted by Gasteiger charge is -2.30. The fourth-order valence-corrected chi connectivity index (χ4v) is 2.87. The standard InChI is InChI=1S/C17H18FN3O3/c18-13-3-5-15(6-4-13)21-9-7-14(19-21)10-16(22)20-8-1-2-12(11-20)17(23)24/h3-7,9,12H,1-2,8,10-11H2,(H,23,24). The molecule has 1 N–H and O–H groups in total. The molecule has 1 atom stereocenters. The first-order valence-corrected chi connectivity index (χ1v) is 7.84. The van der Waals surface area contributed by atoms with Crippen molar-refractivity contribution in [2.75, 3.05) is 13.1 Å². The summed E-state index contributed by atoms with van der Waals surface area (Å²) in [5.41, 5.74) is 1.31. The van der Waals surface area contributed by atoms with Crippen LogP contribution in [0.3, 0.4) is 0 Å². The number of carboxylic acid groups (broad SMARTS) is 1. The van der Waals surface area contributed by atoms with E-state index >= 15 is 0 Å². The molecule has 0 bridgehead atoms. The number of carboxylic acids is 1. The quantitative estimate of drug-likeness (QED) is 0.928. The van der Waals surface area contributed by atoms with Crippen LogP contribution in [0.15, 0.2) is 36.5 Å². The summed E-state index contributed by atoms with van der Waals surface area (Å²) in [5, 5.41) is 13.4. The number of nitrogens with zero attached hydrogens (tertiary/aromatic N) is 3. The number of hydrogen-bond donors (Lipinski definition) is 1. The summed E-state index contributed by atoms with van der Waals surface area (Å²) >= 11 is 0. The van der Waals surface area contributed by atoms with Gasteiger partial charge in [-0.3, -0.25) is 9.59 Å². The van der Waals surface area contributed by atoms with Crippen molar-refractivity contribution in [2.45, 2.75) is 19.3 Å². The Bertz CT molecular complexity index is 742. The van der Waals surface area contributed by atoms with Crippen LogP contribution in [0.5, 0.6) is 0 Å². The van der Waals surface area contributed by atoms with Gasteiger partial charge in [0.1, 0.15) is 5.82 Å². The highest BCUT2D eigenvalue weighted by molar-refractivity contribution is 5.79. The van der Waals surface area contributed by atoms with Crippen LogP contribution in [0.4, 0.5) is 4.39 Å². The lowest BCUT2D eigenvalue weighted by molar-refractivity contribution is -0.145. The minimum absolute atomic E-state index is 0.120. The minimum Gasteiger partial charge on any atom is -0.481 e. The van der Waals surface area contributed by atoms with Gasteiger partial charge in [0.25, 0.3) is 0 Å². The van der Waals surface area contributed by atoms with Gasteiger partial charge in [-0.1, -0.05) is 0 Å². The molecule has 2 heterocycles. The molecule has 0 spiro atoms. The van der Waals surface area contributed by atoms with E-state index in [2.05, 4.69) is 5.10 Å². The van der Waals surface area contributed by atoms with Crippen molar-refractivity contribution in [3.05, 3.63) is 48.0 Å². The second-order valence-electron chi connectivity index (χ2n) is 5.92. The third kappa shape index (κ3) is 3.61. The van der Waals surface area contributed by atoms with Crippen LogP contribution >= 0.6 is 0 Å². The summed E-state index contributed by atoms with van der Waals surface area (Å²) in [4.78, 5) is 25.0. The molecular formula is C17H18FN3O3. The van der Waals surface area contributed by atoms with Gasteiger partial charge in [0.2, 0.25) is 5.91 Å². The number of carbonyl (C=O) groups excluding carboxylic acids is 1. The number of rotatable bonds is 4. The van der Waals surface area contributed by atoms with E-state index in [9.17, 15) is 14.0 Å². The SMILES string of the molecule is O=C(O)C1CCCN(C(=O)Cc2ccn(-c3ccc(F)cc3)n2)C1. The van der Waals surface area contributed by atoms with Crippen LogP contribution < -0.4 is 0 Å². The fourth-order valence-electron chi connectivity index (χ4n) is 2.87. The van der Waals surface area contributed by atoms with E-state index in [0.29, 0.717) is 30.8 Å². The number of amides is 1. The largest absolute Gasteiger partial charge is 0.481 e. The highest BCUT2D eigenvalue weighted by atomic mass is 19.1. The van der Waals surface area contributed by atoms with Crippen molar-refractivity contribution >= 4 is 11.9 Å². The molecule has 1 unspecified atom stereocenters. The molecule has 1 aromatic heterocycles. The van der Waals surface area contributed by atoms with Crippen LogP contribution in [-0.4, -0.2) is 44.8 Å². The number of likely N-dealkylation sites (tertiary alicyclic amines) is 1. The van der Waals surface area contributed by atoms with E-state index in [1.54, 1.807) is 34.0 Å². The van der Waals surface area contributed by atoms with Gasteiger partial charge in [-0.25, -0.2) is 9.07 Å². The van der Waals surface area contributed by atoms with E-state index in [4.69, 9.17) is 5.11 Å². The molecule has 1 aliphatic rings. The summed E-state index contributed by atoms with van der Waals surface area (Å²) in [6.07, 6.45) is 3.15. The Hall–Kier alpha value is -2.70. The van der Waals surface area contributed by atoms with Crippen LogP contribution in [-0.2, 0) is 16.0 Å². The summed E-state index contributed by atoms with van der Waals surface area (Å²) in [5.74, 6) is -1.78. The van der Waals surface area contributed by atoms with Crippen molar-refractivity contribution in [3.63, 3.8) is 0 Å². The molecular weight excluding hydrogens is 313 g/mol. The highest BCUT2D eigenvalue weighted by Crippen LogP contribution is 2.18. The van der Waals surface area contributed by atoms with E-state index < -0.39 is 11.9 Å². The van der Waals surface area contributed by atoms with Gasteiger partial charge < -0.3 is 10.0 Å². The van der Waals surface area contributed by atoms with E-state index in [1.807, 2.05) is 0 Å². The summed E-state index contributed by atoms with van der Waals surface area (Å²) < 4.78 is 14.5. The van der Waals surface area contributed by atoms with Gasteiger partial charge in [-0.05, 0) is 43.2 Å². The normalized spacial score (nSPS) is 17.7. The molecule has 1 aliphatic heterocycles. The van der Waals surface area contributed by atoms with Crippen LogP contribution in [0, 0.1) is 11.7 Å². The number of piperidine rings is 1. The molecule has 1 amide bonds. The molecule has 3 rings (SSSR count). The Morgan fingerprint density at radius 1 is 1.25 bits per heavy atom. The summed E-state index contributed by atoms with van der Waals surface area (Å²) in [6, 6.07) is 7.65. The zero-order valence-electron chi connectivity index (χ0n) is 13.1. The molecule has 7 heteroatoms. The van der Waals surface area contributed by atoms with Gasteiger partial charge in [-0.15, -0.1) is 0 Å². The van der Waals surface area contributed by atoms with Crippen LogP contribution in [0.2, 0.25) is 0 Å². The predicted octanol–water partition coefficient (Wildman–Crippen LogP) is 1.88. The van der Waals surface area contributed by atoms with Gasteiger partial charge in [0.05, 0.1) is 23.7 Å². The Kier molecular flexibility index (Phi) is 4.59. The van der Waals surface area contributed by atoms with Crippen molar-refractivity contribution in [3.8, 4) is 5.69 Å². The van der Waals surface area contributed by atoms with Gasteiger partial charge in [0, 0.05) is 19.3 Å². The molecule has 0 saturated carbocycles. The molecule has 1 fully saturated rings. The molecule has 126 valence electrons. The Balaban J connectivity index is 1.65. The van der Waals surface area contributed by atoms with E-state index in [-0.39, 0.29) is 24.7 Å². The third-order valence-electron chi connectivity index (χ3n) is 4.19. The second-order valence-corrected chi connectivity index (χ2v) is 5.92. The smallest absolute Gasteiger partial charge is 0.308 e. The summed E-state index contributed by atoms with van der Waals surface area (Å²) in [6.45, 7) is 0.841. The maximum Gasteiger partial charge on any atom is 0.308 e. The zero-order valence-corrected chi connectivity index (χ0v) is 13.1. The van der Waals surface area contributed by atoms with Gasteiger partial charge in [0.15, 0.2) is 0 Å². The highest BCUT2D eigenvalue weighted by Gasteiger charge is 2.28. The number of halogens is 1. The van der Waals surface area contributed by atoms with E-state index in [0.717, 1.165) is 0 Å².